The summed E-state index contributed by atoms with van der Waals surface area (Å²) in [7, 11) is 0. The molecule has 1 saturated heterocycles. The number of carbonyl (C=O) groups excluding carboxylic acids is 2. The summed E-state index contributed by atoms with van der Waals surface area (Å²) in [6.45, 7) is 4.41. The number of benzene rings is 2. The van der Waals surface area contributed by atoms with E-state index in [2.05, 4.69) is 49.5 Å². The fraction of sp³-hybridized carbons (Fsp3) is 0.422. The number of likely N-dealkylation sites (tertiary alicyclic amines) is 1. The Bertz CT molecular complexity index is 2340. The van der Waals surface area contributed by atoms with Crippen molar-refractivity contribution in [2.75, 3.05) is 5.32 Å². The summed E-state index contributed by atoms with van der Waals surface area (Å²) in [5, 5.41) is 27.3. The normalized spacial score (nSPS) is 27.0. The number of aliphatic hydroxyl groups is 1. The SMILES string of the molecule is CC1(C)CCC2(CC1)N([C@H](c1ccccc1)[C@@H](O)c1ccccc1)[C@@H](C(=O)NC1CCC(c3nnco3)CC1)[C@H](c1ccnc(Cl)c1F)C21C(=O)Nc2cc(Cl)ncc21. The van der Waals surface area contributed by atoms with Gasteiger partial charge in [0.25, 0.3) is 0 Å². The number of fused-ring (bicyclic) bond motifs is 3. The fourth-order valence-corrected chi connectivity index (χ4v) is 11.3. The summed E-state index contributed by atoms with van der Waals surface area (Å²) in [5.41, 5.74) is -0.510. The van der Waals surface area contributed by atoms with Gasteiger partial charge in [0.2, 0.25) is 24.1 Å². The Kier molecular flexibility index (Phi) is 10.3. The predicted octanol–water partition coefficient (Wildman–Crippen LogP) is 8.62. The van der Waals surface area contributed by atoms with Crippen molar-refractivity contribution in [3.63, 3.8) is 0 Å². The van der Waals surface area contributed by atoms with Crippen LogP contribution in [0.3, 0.4) is 0 Å². The quantitative estimate of drug-likeness (QED) is 0.131. The average molecular weight is 839 g/mol. The highest BCUT2D eigenvalue weighted by Crippen LogP contribution is 2.69. The van der Waals surface area contributed by atoms with Crippen LogP contribution in [0.4, 0.5) is 10.1 Å². The van der Waals surface area contributed by atoms with E-state index in [0.29, 0.717) is 74.1 Å². The molecule has 2 aliphatic carbocycles. The number of halogens is 3. The summed E-state index contributed by atoms with van der Waals surface area (Å²) in [5.74, 6) is -2.12. The summed E-state index contributed by atoms with van der Waals surface area (Å²) in [4.78, 5) is 42.2. The second-order valence-corrected chi connectivity index (χ2v) is 18.1. The highest BCUT2D eigenvalue weighted by Gasteiger charge is 2.77. The number of carbonyl (C=O) groups is 2. The predicted molar refractivity (Wildman–Crippen MR) is 220 cm³/mol. The van der Waals surface area contributed by atoms with Crippen LogP contribution in [0.1, 0.15) is 117 Å². The summed E-state index contributed by atoms with van der Waals surface area (Å²) >= 11 is 13.0. The molecule has 59 heavy (non-hydrogen) atoms. The first-order valence-electron chi connectivity index (χ1n) is 20.4. The Morgan fingerprint density at radius 2 is 1.64 bits per heavy atom. The molecule has 306 valence electrons. The maximum atomic E-state index is 17.1. The fourth-order valence-electron chi connectivity index (χ4n) is 11.0. The molecule has 14 heteroatoms. The number of amides is 2. The van der Waals surface area contributed by atoms with Gasteiger partial charge >= 0.3 is 0 Å². The van der Waals surface area contributed by atoms with E-state index in [1.807, 2.05) is 60.7 Å². The molecule has 2 aromatic carbocycles. The minimum Gasteiger partial charge on any atom is -0.428 e. The smallest absolute Gasteiger partial charge is 0.238 e. The van der Waals surface area contributed by atoms with E-state index in [1.165, 1.54) is 18.7 Å². The molecule has 5 aromatic rings. The number of aliphatic hydroxyl groups excluding tert-OH is 1. The Hall–Kier alpha value is -4.75. The van der Waals surface area contributed by atoms with Crippen LogP contribution >= 0.6 is 23.2 Å². The topological polar surface area (TPSA) is 146 Å². The van der Waals surface area contributed by atoms with Crippen LogP contribution < -0.4 is 10.6 Å². The molecular weight excluding hydrogens is 792 g/mol. The van der Waals surface area contributed by atoms with Crippen molar-refractivity contribution >= 4 is 40.7 Å². The van der Waals surface area contributed by atoms with Gasteiger partial charge in [-0.15, -0.1) is 10.2 Å². The van der Waals surface area contributed by atoms with Gasteiger partial charge in [-0.3, -0.25) is 14.5 Å². The lowest BCUT2D eigenvalue weighted by atomic mass is 9.53. The molecule has 5 heterocycles. The molecule has 0 bridgehead atoms. The molecule has 2 amide bonds. The average Bonchev–Trinajstić information content (AvgIpc) is 3.94. The van der Waals surface area contributed by atoms with Crippen LogP contribution in [-0.2, 0) is 15.0 Å². The Morgan fingerprint density at radius 1 is 0.966 bits per heavy atom. The van der Waals surface area contributed by atoms with Crippen LogP contribution in [0, 0.1) is 11.2 Å². The third-order valence-corrected chi connectivity index (χ3v) is 14.3. The standard InChI is InChI=1S/C45H46Cl2FN7O4/c1-43(2)18-20-44(21-19-43)45(31-24-50-33(46)23-32(31)53-42(45)58)34(30-17-22-49-39(47)35(30)48)37(40(57)52-29-15-13-28(14-16-29)41-54-51-25-59-41)55(44)36(26-9-5-3-6-10-26)38(56)27-11-7-4-8-12-27/h3-12,17,22-25,28-29,34,36-38,56H,13-16,18-21H2,1-2H3,(H,52,57)(H,53,58)/t28?,29?,34-,36+,37+,38-,45?/m0/s1. The van der Waals surface area contributed by atoms with E-state index in [-0.39, 0.29) is 39.2 Å². The Morgan fingerprint density at radius 3 is 2.31 bits per heavy atom. The van der Waals surface area contributed by atoms with Gasteiger partial charge in [0.1, 0.15) is 10.6 Å². The van der Waals surface area contributed by atoms with E-state index in [9.17, 15) is 5.11 Å². The summed E-state index contributed by atoms with van der Waals surface area (Å²) < 4.78 is 22.6. The number of aromatic nitrogens is 4. The molecule has 3 fully saturated rings. The number of rotatable bonds is 8. The zero-order chi connectivity index (χ0) is 41.1. The lowest BCUT2D eigenvalue weighted by Gasteiger charge is -2.56. The number of nitrogens with one attached hydrogen (secondary N) is 2. The van der Waals surface area contributed by atoms with Crippen LogP contribution in [0.15, 0.2) is 96.0 Å². The number of nitrogens with zero attached hydrogens (tertiary/aromatic N) is 5. The number of pyridine rings is 2. The molecule has 0 radical (unpaired) electrons. The maximum Gasteiger partial charge on any atom is 0.238 e. The van der Waals surface area contributed by atoms with Crippen molar-refractivity contribution in [2.24, 2.45) is 5.41 Å². The van der Waals surface area contributed by atoms with Gasteiger partial charge in [0.15, 0.2) is 11.0 Å². The van der Waals surface area contributed by atoms with Gasteiger partial charge in [0, 0.05) is 47.1 Å². The second-order valence-electron chi connectivity index (χ2n) is 17.4. The summed E-state index contributed by atoms with van der Waals surface area (Å²) in [6.07, 6.45) is 8.11. The first kappa shape index (κ1) is 39.7. The van der Waals surface area contributed by atoms with Crippen molar-refractivity contribution in [3.05, 3.63) is 136 Å². The molecule has 4 aliphatic rings. The minimum absolute atomic E-state index is 0.0630. The first-order chi connectivity index (χ1) is 28.4. The van der Waals surface area contributed by atoms with E-state index in [4.69, 9.17) is 27.6 Å². The molecule has 2 spiro atoms. The lowest BCUT2D eigenvalue weighted by Crippen LogP contribution is -2.64. The van der Waals surface area contributed by atoms with E-state index in [0.717, 1.165) is 5.56 Å². The Labute approximate surface area is 352 Å². The number of hydrogen-bond donors (Lipinski definition) is 3. The van der Waals surface area contributed by atoms with E-state index < -0.39 is 46.8 Å². The van der Waals surface area contributed by atoms with Gasteiger partial charge < -0.3 is 20.2 Å². The monoisotopic (exact) mass is 837 g/mol. The zero-order valence-electron chi connectivity index (χ0n) is 32.8. The Balaban J connectivity index is 1.31. The van der Waals surface area contributed by atoms with Gasteiger partial charge in [-0.1, -0.05) is 97.7 Å². The van der Waals surface area contributed by atoms with Gasteiger partial charge in [-0.05, 0) is 85.6 Å². The molecule has 3 aromatic heterocycles. The highest BCUT2D eigenvalue weighted by molar-refractivity contribution is 6.30. The van der Waals surface area contributed by atoms with Crippen molar-refractivity contribution < 1.29 is 23.5 Å². The van der Waals surface area contributed by atoms with Crippen molar-refractivity contribution in [2.45, 2.75) is 112 Å². The van der Waals surface area contributed by atoms with Crippen molar-refractivity contribution in [1.82, 2.24) is 30.4 Å². The zero-order valence-corrected chi connectivity index (χ0v) is 34.3. The first-order valence-corrected chi connectivity index (χ1v) is 21.1. The molecule has 9 rings (SSSR count). The van der Waals surface area contributed by atoms with Crippen LogP contribution in [0.5, 0.6) is 0 Å². The van der Waals surface area contributed by atoms with Gasteiger partial charge in [0.05, 0.1) is 18.2 Å². The minimum atomic E-state index is -1.62. The molecular formula is C45H46Cl2FN7O4. The maximum absolute atomic E-state index is 17.1. The molecule has 1 unspecified atom stereocenters. The molecule has 3 N–H and O–H groups in total. The van der Waals surface area contributed by atoms with Crippen LogP contribution in [0.2, 0.25) is 10.3 Å². The lowest BCUT2D eigenvalue weighted by molar-refractivity contribution is -0.137. The van der Waals surface area contributed by atoms with Gasteiger partial charge in [-0.25, -0.2) is 14.4 Å². The molecule has 5 atom stereocenters. The molecule has 11 nitrogen and oxygen atoms in total. The second kappa shape index (κ2) is 15.4. The van der Waals surface area contributed by atoms with Crippen molar-refractivity contribution in [3.8, 4) is 0 Å². The number of anilines is 1. The van der Waals surface area contributed by atoms with E-state index in [1.54, 1.807) is 12.3 Å². The molecule has 2 saturated carbocycles. The van der Waals surface area contributed by atoms with Gasteiger partial charge in [-0.2, -0.15) is 0 Å². The van der Waals surface area contributed by atoms with Crippen LogP contribution in [-0.4, -0.2) is 59.6 Å². The summed E-state index contributed by atoms with van der Waals surface area (Å²) in [6, 6.07) is 19.8. The van der Waals surface area contributed by atoms with Crippen molar-refractivity contribution in [1.29, 1.82) is 0 Å². The van der Waals surface area contributed by atoms with Crippen LogP contribution in [0.25, 0.3) is 0 Å². The third kappa shape index (κ3) is 6.54. The highest BCUT2D eigenvalue weighted by atomic mass is 35.5. The van der Waals surface area contributed by atoms with E-state index >= 15 is 14.0 Å². The molecule has 2 aliphatic heterocycles. The number of hydrogen-bond acceptors (Lipinski definition) is 9. The third-order valence-electron chi connectivity index (χ3n) is 13.8. The largest absolute Gasteiger partial charge is 0.428 e.